The Morgan fingerprint density at radius 3 is 2.48 bits per heavy atom. The molecule has 0 saturated carbocycles. The molecule has 1 heterocycles. The molecule has 0 radical (unpaired) electrons. The van der Waals surface area contributed by atoms with Gasteiger partial charge in [0.15, 0.2) is 0 Å². The number of halogens is 1. The van der Waals surface area contributed by atoms with Gasteiger partial charge in [-0.2, -0.15) is 0 Å². The molecule has 0 spiro atoms. The molecule has 2 rings (SSSR count). The summed E-state index contributed by atoms with van der Waals surface area (Å²) in [5.74, 6) is 0.715. The topological polar surface area (TPSA) is 29.3 Å². The van der Waals surface area contributed by atoms with Crippen LogP contribution in [0.5, 0.6) is 0 Å². The summed E-state index contributed by atoms with van der Waals surface area (Å²) in [7, 11) is 0. The predicted octanol–water partition coefficient (Wildman–Crippen LogP) is 4.12. The summed E-state index contributed by atoms with van der Waals surface area (Å²) in [4.78, 5) is 2.40. The largest absolute Gasteiger partial charge is 0.326 e. The van der Waals surface area contributed by atoms with Gasteiger partial charge in [-0.05, 0) is 44.3 Å². The van der Waals surface area contributed by atoms with Gasteiger partial charge in [-0.1, -0.05) is 44.9 Å². The minimum absolute atomic E-state index is 0.00961. The molecule has 1 aliphatic rings. The molecule has 1 aromatic carbocycles. The van der Waals surface area contributed by atoms with Crippen molar-refractivity contribution in [3.8, 4) is 0 Å². The molecule has 2 N–H and O–H groups in total. The number of hydrogen-bond donors (Lipinski definition) is 1. The molecule has 1 aromatic rings. The van der Waals surface area contributed by atoms with E-state index in [0.717, 1.165) is 31.0 Å². The van der Waals surface area contributed by atoms with Crippen LogP contribution in [0.25, 0.3) is 0 Å². The Bertz CT molecular complexity index is 427. The van der Waals surface area contributed by atoms with Crippen molar-refractivity contribution in [2.75, 3.05) is 13.1 Å². The first-order valence-corrected chi connectivity index (χ1v) is 8.41. The highest BCUT2D eigenvalue weighted by molar-refractivity contribution is 5.23. The highest BCUT2D eigenvalue weighted by Gasteiger charge is 2.30. The van der Waals surface area contributed by atoms with E-state index in [2.05, 4.69) is 18.7 Å². The monoisotopic (exact) mass is 292 g/mol. The fraction of sp³-hybridized carbons (Fsp3) is 0.667. The lowest BCUT2D eigenvalue weighted by Crippen LogP contribution is -2.45. The molecule has 1 aliphatic heterocycles. The lowest BCUT2D eigenvalue weighted by Gasteiger charge is -2.40. The van der Waals surface area contributed by atoms with Crippen LogP contribution >= 0.6 is 0 Å². The van der Waals surface area contributed by atoms with Gasteiger partial charge in [0.2, 0.25) is 0 Å². The third kappa shape index (κ3) is 4.04. The second-order valence-corrected chi connectivity index (χ2v) is 6.31. The molecule has 2 unspecified atom stereocenters. The normalized spacial score (nSPS) is 20.4. The van der Waals surface area contributed by atoms with E-state index in [0.29, 0.717) is 0 Å². The molecule has 21 heavy (non-hydrogen) atoms. The Morgan fingerprint density at radius 1 is 1.24 bits per heavy atom. The van der Waals surface area contributed by atoms with Crippen molar-refractivity contribution in [3.05, 3.63) is 35.6 Å². The summed E-state index contributed by atoms with van der Waals surface area (Å²) >= 11 is 0. The Hall–Kier alpha value is -0.930. The van der Waals surface area contributed by atoms with Crippen molar-refractivity contribution in [2.45, 2.75) is 58.0 Å². The van der Waals surface area contributed by atoms with Crippen molar-refractivity contribution < 1.29 is 4.39 Å². The van der Waals surface area contributed by atoms with Gasteiger partial charge in [0.05, 0.1) is 6.04 Å². The number of benzene rings is 1. The van der Waals surface area contributed by atoms with Crippen molar-refractivity contribution in [2.24, 2.45) is 11.7 Å². The standard InChI is InChI=1S/C18H29FN2/c1-3-7-14-10-12-21(13-11-14)18(17(20)4-2)15-8-5-6-9-16(15)19/h5-6,8-9,14,17-18H,3-4,7,10-13,20H2,1-2H3. The van der Waals surface area contributed by atoms with Crippen LogP contribution in [0.15, 0.2) is 24.3 Å². The first-order valence-electron chi connectivity index (χ1n) is 8.41. The summed E-state index contributed by atoms with van der Waals surface area (Å²) in [6.07, 6.45) is 5.88. The van der Waals surface area contributed by atoms with Crippen LogP contribution in [0.2, 0.25) is 0 Å². The maximum atomic E-state index is 14.2. The van der Waals surface area contributed by atoms with Crippen molar-refractivity contribution in [1.29, 1.82) is 0 Å². The fourth-order valence-corrected chi connectivity index (χ4v) is 3.56. The smallest absolute Gasteiger partial charge is 0.128 e. The van der Waals surface area contributed by atoms with Gasteiger partial charge >= 0.3 is 0 Å². The van der Waals surface area contributed by atoms with Crippen LogP contribution in [0.3, 0.4) is 0 Å². The molecule has 0 bridgehead atoms. The molecular weight excluding hydrogens is 263 g/mol. The van der Waals surface area contributed by atoms with Crippen LogP contribution in [-0.2, 0) is 0 Å². The first-order chi connectivity index (χ1) is 10.2. The average molecular weight is 292 g/mol. The van der Waals surface area contributed by atoms with Gasteiger partial charge < -0.3 is 5.73 Å². The minimum Gasteiger partial charge on any atom is -0.326 e. The molecule has 118 valence electrons. The lowest BCUT2D eigenvalue weighted by atomic mass is 9.88. The third-order valence-electron chi connectivity index (χ3n) is 4.84. The second kappa shape index (κ2) is 7.90. The van der Waals surface area contributed by atoms with Crippen LogP contribution in [0.4, 0.5) is 4.39 Å². The SMILES string of the molecule is CCCC1CCN(C(c2ccccc2F)C(N)CC)CC1. The molecule has 3 heteroatoms. The van der Waals surface area contributed by atoms with E-state index in [1.54, 1.807) is 12.1 Å². The molecule has 1 saturated heterocycles. The molecule has 2 nitrogen and oxygen atoms in total. The zero-order valence-corrected chi connectivity index (χ0v) is 13.4. The van der Waals surface area contributed by atoms with E-state index < -0.39 is 0 Å². The number of nitrogens with zero attached hydrogens (tertiary/aromatic N) is 1. The maximum absolute atomic E-state index is 14.2. The van der Waals surface area contributed by atoms with Crippen molar-refractivity contribution in [3.63, 3.8) is 0 Å². The van der Waals surface area contributed by atoms with E-state index in [-0.39, 0.29) is 17.9 Å². The Labute approximate surface area is 128 Å². The van der Waals surface area contributed by atoms with Crippen LogP contribution in [-0.4, -0.2) is 24.0 Å². The van der Waals surface area contributed by atoms with Gasteiger partial charge in [0.25, 0.3) is 0 Å². The highest BCUT2D eigenvalue weighted by Crippen LogP contribution is 2.32. The Balaban J connectivity index is 2.13. The molecular formula is C18H29FN2. The molecule has 0 amide bonds. The van der Waals surface area contributed by atoms with E-state index in [1.165, 1.54) is 25.7 Å². The van der Waals surface area contributed by atoms with E-state index >= 15 is 0 Å². The van der Waals surface area contributed by atoms with Crippen LogP contribution in [0, 0.1) is 11.7 Å². The zero-order valence-electron chi connectivity index (χ0n) is 13.4. The Kier molecular flexibility index (Phi) is 6.19. The summed E-state index contributed by atoms with van der Waals surface area (Å²) in [5, 5.41) is 0. The summed E-state index contributed by atoms with van der Waals surface area (Å²) in [6, 6.07) is 7.11. The minimum atomic E-state index is -0.123. The van der Waals surface area contributed by atoms with E-state index in [4.69, 9.17) is 5.73 Å². The number of hydrogen-bond acceptors (Lipinski definition) is 2. The number of rotatable bonds is 6. The number of nitrogens with two attached hydrogens (primary N) is 1. The zero-order chi connectivity index (χ0) is 15.2. The quantitative estimate of drug-likeness (QED) is 0.854. The molecule has 1 fully saturated rings. The lowest BCUT2D eigenvalue weighted by molar-refractivity contribution is 0.109. The first kappa shape index (κ1) is 16.4. The predicted molar refractivity (Wildman–Crippen MR) is 86.6 cm³/mol. The third-order valence-corrected chi connectivity index (χ3v) is 4.84. The number of piperidine rings is 1. The maximum Gasteiger partial charge on any atom is 0.128 e. The molecule has 0 aliphatic carbocycles. The summed E-state index contributed by atoms with van der Waals surface area (Å²) in [6.45, 7) is 6.42. The van der Waals surface area contributed by atoms with Crippen LogP contribution in [0.1, 0.15) is 57.6 Å². The van der Waals surface area contributed by atoms with Crippen molar-refractivity contribution >= 4 is 0 Å². The van der Waals surface area contributed by atoms with E-state index in [1.807, 2.05) is 12.1 Å². The fourth-order valence-electron chi connectivity index (χ4n) is 3.56. The van der Waals surface area contributed by atoms with Crippen molar-refractivity contribution in [1.82, 2.24) is 4.90 Å². The van der Waals surface area contributed by atoms with Gasteiger partial charge in [-0.3, -0.25) is 4.90 Å². The van der Waals surface area contributed by atoms with Gasteiger partial charge in [-0.15, -0.1) is 0 Å². The highest BCUT2D eigenvalue weighted by atomic mass is 19.1. The van der Waals surface area contributed by atoms with E-state index in [9.17, 15) is 4.39 Å². The average Bonchev–Trinajstić information content (AvgIpc) is 2.51. The van der Waals surface area contributed by atoms with Gasteiger partial charge in [0, 0.05) is 11.6 Å². The summed E-state index contributed by atoms with van der Waals surface area (Å²) in [5.41, 5.74) is 7.10. The van der Waals surface area contributed by atoms with Gasteiger partial charge in [0.1, 0.15) is 5.82 Å². The van der Waals surface area contributed by atoms with Crippen LogP contribution < -0.4 is 5.73 Å². The molecule has 0 aromatic heterocycles. The Morgan fingerprint density at radius 2 is 1.90 bits per heavy atom. The summed E-state index contributed by atoms with van der Waals surface area (Å²) < 4.78 is 14.2. The molecule has 2 atom stereocenters. The van der Waals surface area contributed by atoms with Gasteiger partial charge in [-0.25, -0.2) is 4.39 Å². The number of likely N-dealkylation sites (tertiary alicyclic amines) is 1. The second-order valence-electron chi connectivity index (χ2n) is 6.31.